The Kier molecular flexibility index (Phi) is 9.51. The fourth-order valence-corrected chi connectivity index (χ4v) is 2.74. The van der Waals surface area contributed by atoms with Crippen molar-refractivity contribution in [1.82, 2.24) is 10.9 Å². The SMILES string of the molecule is CC(=NNC(=O)CCCCC(=O)NN=C(C)c1ccc(Cl)cc1)c1ccc(Cl)cc1. The van der Waals surface area contributed by atoms with Gasteiger partial charge in [0.15, 0.2) is 0 Å². The Morgan fingerprint density at radius 3 is 1.37 bits per heavy atom. The average molecular weight is 447 g/mol. The number of nitrogens with one attached hydrogen (secondary N) is 2. The molecule has 2 rings (SSSR count). The molecule has 2 aromatic rings. The third-order valence-electron chi connectivity index (χ3n) is 4.28. The van der Waals surface area contributed by atoms with Crippen molar-refractivity contribution in [3.8, 4) is 0 Å². The van der Waals surface area contributed by atoms with E-state index in [0.29, 0.717) is 34.3 Å². The second-order valence-electron chi connectivity index (χ2n) is 6.69. The number of carbonyl (C=O) groups excluding carboxylic acids is 2. The second kappa shape index (κ2) is 12.1. The summed E-state index contributed by atoms with van der Waals surface area (Å²) in [7, 11) is 0. The minimum atomic E-state index is -0.194. The fraction of sp³-hybridized carbons (Fsp3) is 0.273. The maximum absolute atomic E-state index is 11.9. The van der Waals surface area contributed by atoms with E-state index in [9.17, 15) is 9.59 Å². The predicted octanol–water partition coefficient (Wildman–Crippen LogP) is 4.93. The van der Waals surface area contributed by atoms with E-state index in [1.807, 2.05) is 24.3 Å². The molecule has 8 heteroatoms. The molecule has 30 heavy (non-hydrogen) atoms. The number of nitrogens with zero attached hydrogens (tertiary/aromatic N) is 2. The Balaban J connectivity index is 1.66. The maximum Gasteiger partial charge on any atom is 0.240 e. The Bertz CT molecular complexity index is 846. The van der Waals surface area contributed by atoms with Gasteiger partial charge in [-0.15, -0.1) is 0 Å². The van der Waals surface area contributed by atoms with Crippen molar-refractivity contribution >= 4 is 46.4 Å². The zero-order valence-corrected chi connectivity index (χ0v) is 18.4. The van der Waals surface area contributed by atoms with Gasteiger partial charge in [0.2, 0.25) is 11.8 Å². The highest BCUT2D eigenvalue weighted by Crippen LogP contribution is 2.11. The van der Waals surface area contributed by atoms with Gasteiger partial charge < -0.3 is 0 Å². The highest BCUT2D eigenvalue weighted by atomic mass is 35.5. The first kappa shape index (κ1) is 23.6. The van der Waals surface area contributed by atoms with Crippen LogP contribution < -0.4 is 10.9 Å². The number of hydrogen-bond acceptors (Lipinski definition) is 4. The molecule has 0 saturated carbocycles. The first-order valence-corrected chi connectivity index (χ1v) is 10.3. The zero-order valence-electron chi connectivity index (χ0n) is 16.9. The van der Waals surface area contributed by atoms with Crippen LogP contribution in [0.2, 0.25) is 10.0 Å². The van der Waals surface area contributed by atoms with Crippen LogP contribution >= 0.6 is 23.2 Å². The van der Waals surface area contributed by atoms with E-state index in [2.05, 4.69) is 21.1 Å². The van der Waals surface area contributed by atoms with Crippen LogP contribution in [0.15, 0.2) is 58.7 Å². The fourth-order valence-electron chi connectivity index (χ4n) is 2.49. The van der Waals surface area contributed by atoms with Gasteiger partial charge in [-0.25, -0.2) is 10.9 Å². The molecule has 6 nitrogen and oxygen atoms in total. The smallest absolute Gasteiger partial charge is 0.240 e. The van der Waals surface area contributed by atoms with Crippen LogP contribution in [0, 0.1) is 0 Å². The summed E-state index contributed by atoms with van der Waals surface area (Å²) in [5, 5.41) is 9.47. The van der Waals surface area contributed by atoms with Gasteiger partial charge in [-0.1, -0.05) is 47.5 Å². The van der Waals surface area contributed by atoms with Crippen LogP contribution in [0.3, 0.4) is 0 Å². The lowest BCUT2D eigenvalue weighted by Gasteiger charge is -2.04. The lowest BCUT2D eigenvalue weighted by atomic mass is 10.1. The molecule has 0 spiro atoms. The quantitative estimate of drug-likeness (QED) is 0.325. The van der Waals surface area contributed by atoms with Gasteiger partial charge in [-0.2, -0.15) is 10.2 Å². The van der Waals surface area contributed by atoms with Crippen molar-refractivity contribution in [3.63, 3.8) is 0 Å². The molecule has 0 aliphatic carbocycles. The Hall–Kier alpha value is -2.70. The van der Waals surface area contributed by atoms with E-state index in [-0.39, 0.29) is 24.7 Å². The van der Waals surface area contributed by atoms with Gasteiger partial charge in [-0.05, 0) is 62.1 Å². The molecule has 0 atom stereocenters. The third-order valence-corrected chi connectivity index (χ3v) is 4.78. The highest BCUT2D eigenvalue weighted by molar-refractivity contribution is 6.31. The average Bonchev–Trinajstić information content (AvgIpc) is 2.74. The normalized spacial score (nSPS) is 11.9. The monoisotopic (exact) mass is 446 g/mol. The summed E-state index contributed by atoms with van der Waals surface area (Å²) >= 11 is 11.7. The Morgan fingerprint density at radius 2 is 1.03 bits per heavy atom. The van der Waals surface area contributed by atoms with Gasteiger partial charge in [0.1, 0.15) is 0 Å². The molecule has 0 bridgehead atoms. The number of carbonyl (C=O) groups is 2. The molecule has 0 unspecified atom stereocenters. The lowest BCUT2D eigenvalue weighted by molar-refractivity contribution is -0.123. The summed E-state index contributed by atoms with van der Waals surface area (Å²) in [6.07, 6.45) is 1.73. The van der Waals surface area contributed by atoms with Crippen LogP contribution in [0.4, 0.5) is 0 Å². The maximum atomic E-state index is 11.9. The van der Waals surface area contributed by atoms with Crippen molar-refractivity contribution < 1.29 is 9.59 Å². The minimum absolute atomic E-state index is 0.194. The molecule has 158 valence electrons. The summed E-state index contributed by atoms with van der Waals surface area (Å²) in [5.41, 5.74) is 8.20. The standard InChI is InChI=1S/C22H24Cl2N4O2/c1-15(17-7-11-19(23)12-8-17)25-27-21(29)5-3-4-6-22(30)28-26-16(2)18-9-13-20(24)14-10-18/h7-14H,3-6H2,1-2H3,(H,27,29)(H,28,30). The predicted molar refractivity (Wildman–Crippen MR) is 122 cm³/mol. The van der Waals surface area contributed by atoms with Gasteiger partial charge in [-0.3, -0.25) is 9.59 Å². The zero-order chi connectivity index (χ0) is 21.9. The molecule has 0 aromatic heterocycles. The van der Waals surface area contributed by atoms with E-state index in [1.54, 1.807) is 38.1 Å². The molecule has 2 amide bonds. The number of hydrazone groups is 2. The molecular formula is C22H24Cl2N4O2. The van der Waals surface area contributed by atoms with Gasteiger partial charge in [0.05, 0.1) is 11.4 Å². The molecule has 0 radical (unpaired) electrons. The van der Waals surface area contributed by atoms with E-state index in [0.717, 1.165) is 11.1 Å². The lowest BCUT2D eigenvalue weighted by Crippen LogP contribution is -2.20. The summed E-state index contributed by atoms with van der Waals surface area (Å²) < 4.78 is 0. The van der Waals surface area contributed by atoms with E-state index in [4.69, 9.17) is 23.2 Å². The number of unbranched alkanes of at least 4 members (excludes halogenated alkanes) is 1. The summed E-state index contributed by atoms with van der Waals surface area (Å²) in [5.74, 6) is -0.388. The topological polar surface area (TPSA) is 82.9 Å². The molecule has 0 aliphatic heterocycles. The van der Waals surface area contributed by atoms with E-state index >= 15 is 0 Å². The number of hydrogen-bond donors (Lipinski definition) is 2. The number of amides is 2. The number of halogens is 2. The van der Waals surface area contributed by atoms with E-state index in [1.165, 1.54) is 0 Å². The summed E-state index contributed by atoms with van der Waals surface area (Å²) in [6, 6.07) is 14.4. The molecule has 0 heterocycles. The molecule has 0 fully saturated rings. The minimum Gasteiger partial charge on any atom is -0.273 e. The van der Waals surface area contributed by atoms with Gasteiger partial charge in [0.25, 0.3) is 0 Å². The number of rotatable bonds is 9. The Morgan fingerprint density at radius 1 is 0.700 bits per heavy atom. The molecule has 0 saturated heterocycles. The third kappa shape index (κ3) is 8.35. The van der Waals surface area contributed by atoms with Crippen molar-refractivity contribution in [1.29, 1.82) is 0 Å². The van der Waals surface area contributed by atoms with Gasteiger partial charge in [0, 0.05) is 22.9 Å². The largest absolute Gasteiger partial charge is 0.273 e. The van der Waals surface area contributed by atoms with E-state index < -0.39 is 0 Å². The van der Waals surface area contributed by atoms with Crippen molar-refractivity contribution in [3.05, 3.63) is 69.7 Å². The highest BCUT2D eigenvalue weighted by Gasteiger charge is 2.05. The summed E-state index contributed by atoms with van der Waals surface area (Å²) in [4.78, 5) is 23.8. The van der Waals surface area contributed by atoms with Crippen LogP contribution in [-0.2, 0) is 9.59 Å². The molecule has 2 N–H and O–H groups in total. The molecule has 0 aliphatic rings. The van der Waals surface area contributed by atoms with Crippen LogP contribution in [0.25, 0.3) is 0 Å². The van der Waals surface area contributed by atoms with Crippen molar-refractivity contribution in [2.24, 2.45) is 10.2 Å². The molecular weight excluding hydrogens is 423 g/mol. The van der Waals surface area contributed by atoms with Gasteiger partial charge >= 0.3 is 0 Å². The van der Waals surface area contributed by atoms with Crippen molar-refractivity contribution in [2.45, 2.75) is 39.5 Å². The Labute approximate surface area is 186 Å². The van der Waals surface area contributed by atoms with Crippen molar-refractivity contribution in [2.75, 3.05) is 0 Å². The number of benzene rings is 2. The first-order chi connectivity index (χ1) is 14.3. The molecule has 2 aromatic carbocycles. The first-order valence-electron chi connectivity index (χ1n) is 9.53. The van der Waals surface area contributed by atoms with Crippen LogP contribution in [0.1, 0.15) is 50.7 Å². The summed E-state index contributed by atoms with van der Waals surface area (Å²) in [6.45, 7) is 3.61. The second-order valence-corrected chi connectivity index (χ2v) is 7.56. The van der Waals surface area contributed by atoms with Crippen LogP contribution in [-0.4, -0.2) is 23.2 Å². The van der Waals surface area contributed by atoms with Crippen LogP contribution in [0.5, 0.6) is 0 Å².